The lowest BCUT2D eigenvalue weighted by molar-refractivity contribution is -0.117. The van der Waals surface area contributed by atoms with Crippen LogP contribution in [0.15, 0.2) is 36.5 Å². The molecule has 0 saturated heterocycles. The topological polar surface area (TPSA) is 94.7 Å². The smallest absolute Gasteiger partial charge is 0.232 e. The van der Waals surface area contributed by atoms with Crippen molar-refractivity contribution in [3.63, 3.8) is 0 Å². The maximum atomic E-state index is 12.2. The standard InChI is InChI=1S/C23H26N6OS/c30-21(15-6-7-15)29-22-27-19(18-12-13-24-20(18)28-22)14-8-10-17(11-9-14)26-23(31)25-16-4-2-1-3-5-16/h8-13,15-16H,1-7H2,(H2,25,26,31)(H2,24,27,28,29,30). The van der Waals surface area contributed by atoms with Crippen LogP contribution in [-0.2, 0) is 4.79 Å². The van der Waals surface area contributed by atoms with Crippen LogP contribution in [-0.4, -0.2) is 32.0 Å². The van der Waals surface area contributed by atoms with Gasteiger partial charge < -0.3 is 15.6 Å². The largest absolute Gasteiger partial charge is 0.360 e. The van der Waals surface area contributed by atoms with Crippen molar-refractivity contribution in [3.05, 3.63) is 36.5 Å². The Morgan fingerprint density at radius 2 is 1.74 bits per heavy atom. The van der Waals surface area contributed by atoms with Gasteiger partial charge in [0.1, 0.15) is 5.65 Å². The summed E-state index contributed by atoms with van der Waals surface area (Å²) in [5, 5.41) is 11.1. The van der Waals surface area contributed by atoms with E-state index in [-0.39, 0.29) is 11.8 Å². The second-order valence-electron chi connectivity index (χ2n) is 8.41. The first-order chi connectivity index (χ1) is 15.2. The van der Waals surface area contributed by atoms with Crippen LogP contribution in [0.2, 0.25) is 0 Å². The summed E-state index contributed by atoms with van der Waals surface area (Å²) in [5.41, 5.74) is 3.37. The van der Waals surface area contributed by atoms with Gasteiger partial charge in [-0.15, -0.1) is 0 Å². The minimum Gasteiger partial charge on any atom is -0.360 e. The number of hydrogen-bond acceptors (Lipinski definition) is 4. The average molecular weight is 435 g/mol. The number of aromatic nitrogens is 3. The van der Waals surface area contributed by atoms with E-state index < -0.39 is 0 Å². The predicted molar refractivity (Wildman–Crippen MR) is 127 cm³/mol. The molecule has 1 aromatic carbocycles. The molecule has 2 aliphatic carbocycles. The van der Waals surface area contributed by atoms with E-state index in [0.29, 0.717) is 22.7 Å². The first-order valence-electron chi connectivity index (χ1n) is 11.0. The van der Waals surface area contributed by atoms with Gasteiger partial charge in [-0.25, -0.2) is 4.98 Å². The number of nitrogens with one attached hydrogen (secondary N) is 4. The molecule has 0 spiro atoms. The van der Waals surface area contributed by atoms with E-state index in [0.717, 1.165) is 35.2 Å². The molecule has 7 nitrogen and oxygen atoms in total. The van der Waals surface area contributed by atoms with Gasteiger partial charge in [0.2, 0.25) is 11.9 Å². The minimum absolute atomic E-state index is 0.00428. The summed E-state index contributed by atoms with van der Waals surface area (Å²) in [6, 6.07) is 10.4. The highest BCUT2D eigenvalue weighted by Crippen LogP contribution is 2.31. The highest BCUT2D eigenvalue weighted by Gasteiger charge is 2.30. The van der Waals surface area contributed by atoms with Crippen molar-refractivity contribution >= 4 is 45.9 Å². The molecule has 0 unspecified atom stereocenters. The molecule has 2 saturated carbocycles. The summed E-state index contributed by atoms with van der Waals surface area (Å²) in [5.74, 6) is 0.431. The van der Waals surface area contributed by atoms with E-state index in [9.17, 15) is 4.79 Å². The second-order valence-corrected chi connectivity index (χ2v) is 8.82. The third-order valence-corrected chi connectivity index (χ3v) is 6.18. The fourth-order valence-electron chi connectivity index (χ4n) is 4.09. The lowest BCUT2D eigenvalue weighted by Gasteiger charge is -2.24. The number of carbonyl (C=O) groups excluding carboxylic acids is 1. The molecular formula is C23H26N6OS. The molecule has 0 atom stereocenters. The number of nitrogens with zero attached hydrogens (tertiary/aromatic N) is 2. The Kier molecular flexibility index (Phi) is 5.55. The Morgan fingerprint density at radius 1 is 0.968 bits per heavy atom. The first-order valence-corrected chi connectivity index (χ1v) is 11.4. The van der Waals surface area contributed by atoms with Gasteiger partial charge in [-0.05, 0) is 56.1 Å². The van der Waals surface area contributed by atoms with Gasteiger partial charge >= 0.3 is 0 Å². The average Bonchev–Trinajstić information content (AvgIpc) is 3.52. The zero-order valence-electron chi connectivity index (χ0n) is 17.3. The van der Waals surface area contributed by atoms with Gasteiger partial charge in [-0.3, -0.25) is 10.1 Å². The van der Waals surface area contributed by atoms with Gasteiger partial charge in [-0.2, -0.15) is 4.98 Å². The number of carbonyl (C=O) groups is 1. The molecule has 2 aliphatic rings. The number of amides is 1. The Morgan fingerprint density at radius 3 is 2.48 bits per heavy atom. The van der Waals surface area contributed by atoms with Crippen LogP contribution in [0.25, 0.3) is 22.3 Å². The molecule has 5 rings (SSSR count). The van der Waals surface area contributed by atoms with Crippen molar-refractivity contribution < 1.29 is 4.79 Å². The zero-order chi connectivity index (χ0) is 21.2. The number of hydrogen-bond donors (Lipinski definition) is 4. The number of thiocarbonyl (C=S) groups is 1. The van der Waals surface area contributed by atoms with Crippen LogP contribution in [0.5, 0.6) is 0 Å². The van der Waals surface area contributed by atoms with Crippen molar-refractivity contribution in [1.29, 1.82) is 0 Å². The van der Waals surface area contributed by atoms with E-state index in [1.54, 1.807) is 0 Å². The molecule has 4 N–H and O–H groups in total. The van der Waals surface area contributed by atoms with Crippen molar-refractivity contribution in [2.45, 2.75) is 51.0 Å². The van der Waals surface area contributed by atoms with E-state index in [1.165, 1.54) is 32.1 Å². The summed E-state index contributed by atoms with van der Waals surface area (Å²) in [4.78, 5) is 24.4. The van der Waals surface area contributed by atoms with Crippen LogP contribution in [0, 0.1) is 5.92 Å². The zero-order valence-corrected chi connectivity index (χ0v) is 18.1. The number of benzene rings is 1. The quantitative estimate of drug-likeness (QED) is 0.439. The Balaban J connectivity index is 1.32. The molecule has 2 heterocycles. The monoisotopic (exact) mass is 434 g/mol. The van der Waals surface area contributed by atoms with Gasteiger partial charge in [0, 0.05) is 34.8 Å². The minimum atomic E-state index is -0.00428. The number of H-pyrrole nitrogens is 1. The van der Waals surface area contributed by atoms with Crippen LogP contribution < -0.4 is 16.0 Å². The van der Waals surface area contributed by atoms with E-state index in [4.69, 9.17) is 12.2 Å². The first kappa shape index (κ1) is 19.9. The molecule has 2 aromatic heterocycles. The van der Waals surface area contributed by atoms with Crippen LogP contribution in [0.4, 0.5) is 11.6 Å². The third kappa shape index (κ3) is 4.69. The number of anilines is 2. The van der Waals surface area contributed by atoms with Gasteiger partial charge in [-0.1, -0.05) is 31.4 Å². The highest BCUT2D eigenvalue weighted by atomic mass is 32.1. The molecule has 31 heavy (non-hydrogen) atoms. The van der Waals surface area contributed by atoms with Gasteiger partial charge in [0.05, 0.1) is 5.69 Å². The summed E-state index contributed by atoms with van der Waals surface area (Å²) in [7, 11) is 0. The SMILES string of the molecule is O=C(Nc1nc(-c2ccc(NC(=S)NC3CCCCC3)cc2)c2cc[nH]c2n1)C1CC1. The van der Waals surface area contributed by atoms with Gasteiger partial charge in [0.25, 0.3) is 0 Å². The lowest BCUT2D eigenvalue weighted by atomic mass is 9.96. The van der Waals surface area contributed by atoms with E-state index in [2.05, 4.69) is 30.9 Å². The molecule has 3 aromatic rings. The predicted octanol–water partition coefficient (Wildman–Crippen LogP) is 4.59. The fourth-order valence-corrected chi connectivity index (χ4v) is 4.37. The van der Waals surface area contributed by atoms with Crippen LogP contribution >= 0.6 is 12.2 Å². The van der Waals surface area contributed by atoms with E-state index in [1.807, 2.05) is 36.5 Å². The summed E-state index contributed by atoms with van der Waals surface area (Å²) in [6.45, 7) is 0. The highest BCUT2D eigenvalue weighted by molar-refractivity contribution is 7.80. The maximum Gasteiger partial charge on any atom is 0.232 e. The molecule has 0 radical (unpaired) electrons. The van der Waals surface area contributed by atoms with Crippen molar-refractivity contribution in [3.8, 4) is 11.3 Å². The molecule has 8 heteroatoms. The van der Waals surface area contributed by atoms with Gasteiger partial charge in [0.15, 0.2) is 5.11 Å². The summed E-state index contributed by atoms with van der Waals surface area (Å²) in [6.07, 6.45) is 9.94. The second kappa shape index (κ2) is 8.63. The number of aromatic amines is 1. The van der Waals surface area contributed by atoms with Crippen LogP contribution in [0.3, 0.4) is 0 Å². The molecule has 160 valence electrons. The molecule has 0 bridgehead atoms. The molecule has 2 fully saturated rings. The summed E-state index contributed by atoms with van der Waals surface area (Å²) < 4.78 is 0. The number of rotatable bonds is 5. The number of fused-ring (bicyclic) bond motifs is 1. The Bertz CT molecular complexity index is 1100. The molecule has 0 aliphatic heterocycles. The third-order valence-electron chi connectivity index (χ3n) is 5.96. The van der Waals surface area contributed by atoms with Crippen molar-refractivity contribution in [2.75, 3.05) is 10.6 Å². The summed E-state index contributed by atoms with van der Waals surface area (Å²) >= 11 is 5.49. The normalized spacial score (nSPS) is 16.8. The Labute approximate surface area is 186 Å². The Hall–Kier alpha value is -3.00. The maximum absolute atomic E-state index is 12.2. The van der Waals surface area contributed by atoms with Crippen molar-refractivity contribution in [1.82, 2.24) is 20.3 Å². The fraction of sp³-hybridized carbons (Fsp3) is 0.391. The van der Waals surface area contributed by atoms with Crippen molar-refractivity contribution in [2.24, 2.45) is 5.92 Å². The molecular weight excluding hydrogens is 408 g/mol. The lowest BCUT2D eigenvalue weighted by Crippen LogP contribution is -2.38. The van der Waals surface area contributed by atoms with Crippen LogP contribution in [0.1, 0.15) is 44.9 Å². The van der Waals surface area contributed by atoms with E-state index >= 15 is 0 Å². The molecule has 1 amide bonds.